The molecule has 7 nitrogen and oxygen atoms in total. The molecule has 5 rings (SSSR count). The Labute approximate surface area is 200 Å². The fraction of sp³-hybridized carbons (Fsp3) is 0.231. The highest BCUT2D eigenvalue weighted by atomic mass is 19.3. The lowest BCUT2D eigenvalue weighted by Crippen LogP contribution is -2.46. The number of benzene rings is 2. The van der Waals surface area contributed by atoms with Crippen molar-refractivity contribution in [2.75, 3.05) is 4.90 Å². The summed E-state index contributed by atoms with van der Waals surface area (Å²) in [5, 5.41) is 7.66. The fourth-order valence-corrected chi connectivity index (χ4v) is 4.46. The van der Waals surface area contributed by atoms with Gasteiger partial charge in [0.05, 0.1) is 35.7 Å². The zero-order valence-corrected chi connectivity index (χ0v) is 19.2. The molecule has 1 fully saturated rings. The van der Waals surface area contributed by atoms with Crippen molar-refractivity contribution in [3.05, 3.63) is 84.3 Å². The zero-order chi connectivity index (χ0) is 24.7. The second-order valence-corrected chi connectivity index (χ2v) is 8.75. The Morgan fingerprint density at radius 3 is 2.49 bits per heavy atom. The third kappa shape index (κ3) is 4.25. The van der Waals surface area contributed by atoms with Gasteiger partial charge in [-0.05, 0) is 42.8 Å². The number of anilines is 1. The van der Waals surface area contributed by atoms with E-state index in [1.807, 2.05) is 61.5 Å². The average Bonchev–Trinajstić information content (AvgIpc) is 3.39. The molecule has 2 aromatic heterocycles. The van der Waals surface area contributed by atoms with E-state index in [1.54, 1.807) is 28.0 Å². The van der Waals surface area contributed by atoms with Crippen LogP contribution in [0.25, 0.3) is 16.6 Å². The summed E-state index contributed by atoms with van der Waals surface area (Å²) in [5.74, 6) is -5.21. The third-order valence-electron chi connectivity index (χ3n) is 6.15. The SMILES string of the molecule is Cc1ccc(-n2ncc3cc(N4C(=O)C[C@@H](NC(=O)C(C)(F)F)C4c4ccccc4)ccc32)cn1. The van der Waals surface area contributed by atoms with Gasteiger partial charge in [0.1, 0.15) is 0 Å². The number of nitrogens with zero attached hydrogens (tertiary/aromatic N) is 4. The maximum Gasteiger partial charge on any atom is 0.321 e. The number of aromatic nitrogens is 3. The molecule has 4 aromatic rings. The van der Waals surface area contributed by atoms with Crippen LogP contribution in [0.5, 0.6) is 0 Å². The molecule has 0 spiro atoms. The highest BCUT2D eigenvalue weighted by molar-refractivity contribution is 6.00. The highest BCUT2D eigenvalue weighted by Crippen LogP contribution is 2.39. The van der Waals surface area contributed by atoms with E-state index >= 15 is 0 Å². The molecule has 1 aliphatic rings. The van der Waals surface area contributed by atoms with Crippen LogP contribution in [-0.4, -0.2) is 38.5 Å². The Morgan fingerprint density at radius 1 is 1.06 bits per heavy atom. The molecule has 3 heterocycles. The van der Waals surface area contributed by atoms with Crippen LogP contribution in [0.15, 0.2) is 73.1 Å². The zero-order valence-electron chi connectivity index (χ0n) is 19.2. The van der Waals surface area contributed by atoms with Crippen molar-refractivity contribution in [1.29, 1.82) is 0 Å². The van der Waals surface area contributed by atoms with Crippen LogP contribution in [0.4, 0.5) is 14.5 Å². The first-order chi connectivity index (χ1) is 16.7. The number of halogens is 2. The summed E-state index contributed by atoms with van der Waals surface area (Å²) in [5.41, 5.74) is 3.87. The minimum Gasteiger partial charge on any atom is -0.345 e. The Bertz CT molecular complexity index is 1400. The summed E-state index contributed by atoms with van der Waals surface area (Å²) in [6.07, 6.45) is 3.35. The molecule has 0 bridgehead atoms. The standard InChI is InChI=1S/C26H23F2N5O2/c1-16-8-9-20(15-29-16)33-22-11-10-19(12-18(22)14-30-33)32-23(34)13-21(31-25(35)26(2,27)28)24(32)17-6-4-3-5-7-17/h3-12,14-15,21,24H,13H2,1-2H3,(H,31,35)/t21-,24?/m1/s1. The topological polar surface area (TPSA) is 80.1 Å². The van der Waals surface area contributed by atoms with Gasteiger partial charge < -0.3 is 10.2 Å². The molecule has 178 valence electrons. The number of rotatable bonds is 5. The summed E-state index contributed by atoms with van der Waals surface area (Å²) in [6, 6.07) is 17.0. The maximum atomic E-state index is 13.6. The van der Waals surface area contributed by atoms with E-state index in [0.717, 1.165) is 27.8 Å². The third-order valence-corrected chi connectivity index (χ3v) is 6.15. The Balaban J connectivity index is 1.53. The van der Waals surface area contributed by atoms with Crippen LogP contribution in [0, 0.1) is 6.92 Å². The van der Waals surface area contributed by atoms with Crippen LogP contribution in [0.2, 0.25) is 0 Å². The van der Waals surface area contributed by atoms with Crippen LogP contribution in [-0.2, 0) is 9.59 Å². The van der Waals surface area contributed by atoms with Gasteiger partial charge in [-0.3, -0.25) is 14.6 Å². The summed E-state index contributed by atoms with van der Waals surface area (Å²) < 4.78 is 29.0. The molecule has 1 N–H and O–H groups in total. The van der Waals surface area contributed by atoms with Gasteiger partial charge in [-0.2, -0.15) is 13.9 Å². The van der Waals surface area contributed by atoms with E-state index in [0.29, 0.717) is 12.6 Å². The number of pyridine rings is 1. The average molecular weight is 475 g/mol. The molecule has 9 heteroatoms. The second kappa shape index (κ2) is 8.57. The minimum atomic E-state index is -3.55. The summed E-state index contributed by atoms with van der Waals surface area (Å²) >= 11 is 0. The molecule has 0 saturated carbocycles. The van der Waals surface area contributed by atoms with Crippen molar-refractivity contribution in [2.24, 2.45) is 0 Å². The van der Waals surface area contributed by atoms with Gasteiger partial charge in [-0.15, -0.1) is 0 Å². The van der Waals surface area contributed by atoms with Crippen molar-refractivity contribution in [1.82, 2.24) is 20.1 Å². The van der Waals surface area contributed by atoms with Crippen LogP contribution < -0.4 is 10.2 Å². The number of hydrogen-bond donors (Lipinski definition) is 1. The van der Waals surface area contributed by atoms with E-state index < -0.39 is 23.9 Å². The summed E-state index contributed by atoms with van der Waals surface area (Å²) in [7, 11) is 0. The molecular weight excluding hydrogens is 452 g/mol. The van der Waals surface area contributed by atoms with E-state index in [4.69, 9.17) is 0 Å². The first kappa shape index (κ1) is 22.6. The van der Waals surface area contributed by atoms with Gasteiger partial charge in [0.25, 0.3) is 5.91 Å². The predicted molar refractivity (Wildman–Crippen MR) is 127 cm³/mol. The van der Waals surface area contributed by atoms with E-state index in [9.17, 15) is 18.4 Å². The molecule has 2 amide bonds. The fourth-order valence-electron chi connectivity index (χ4n) is 4.46. The van der Waals surface area contributed by atoms with Crippen LogP contribution in [0.3, 0.4) is 0 Å². The second-order valence-electron chi connectivity index (χ2n) is 8.75. The lowest BCUT2D eigenvalue weighted by Gasteiger charge is -2.29. The molecule has 0 aliphatic carbocycles. The molecule has 1 aliphatic heterocycles. The molecule has 1 saturated heterocycles. The lowest BCUT2D eigenvalue weighted by atomic mass is 9.99. The van der Waals surface area contributed by atoms with Gasteiger partial charge in [-0.25, -0.2) is 4.68 Å². The van der Waals surface area contributed by atoms with Gasteiger partial charge in [0, 0.05) is 30.1 Å². The molecule has 35 heavy (non-hydrogen) atoms. The first-order valence-corrected chi connectivity index (χ1v) is 11.2. The van der Waals surface area contributed by atoms with Gasteiger partial charge in [-0.1, -0.05) is 30.3 Å². The Kier molecular flexibility index (Phi) is 5.55. The maximum absolute atomic E-state index is 13.6. The first-order valence-electron chi connectivity index (χ1n) is 11.2. The van der Waals surface area contributed by atoms with Crippen molar-refractivity contribution >= 4 is 28.4 Å². The predicted octanol–water partition coefficient (Wildman–Crippen LogP) is 4.35. The Hall–Kier alpha value is -4.14. The Morgan fingerprint density at radius 2 is 1.80 bits per heavy atom. The highest BCUT2D eigenvalue weighted by Gasteiger charge is 2.45. The van der Waals surface area contributed by atoms with Gasteiger partial charge in [0.15, 0.2) is 0 Å². The number of fused-ring (bicyclic) bond motifs is 1. The molecule has 2 atom stereocenters. The van der Waals surface area contributed by atoms with E-state index in [1.165, 1.54) is 0 Å². The summed E-state index contributed by atoms with van der Waals surface area (Å²) in [4.78, 5) is 31.1. The number of carbonyl (C=O) groups excluding carboxylic acids is 2. The van der Waals surface area contributed by atoms with Crippen molar-refractivity contribution in [3.63, 3.8) is 0 Å². The van der Waals surface area contributed by atoms with Gasteiger partial charge >= 0.3 is 5.92 Å². The largest absolute Gasteiger partial charge is 0.345 e. The summed E-state index contributed by atoms with van der Waals surface area (Å²) in [6.45, 7) is 2.45. The lowest BCUT2D eigenvalue weighted by molar-refractivity contribution is -0.143. The quantitative estimate of drug-likeness (QED) is 0.466. The monoisotopic (exact) mass is 475 g/mol. The van der Waals surface area contributed by atoms with Crippen molar-refractivity contribution in [2.45, 2.75) is 38.3 Å². The number of alkyl halides is 2. The molecule has 0 radical (unpaired) electrons. The van der Waals surface area contributed by atoms with Crippen molar-refractivity contribution < 1.29 is 18.4 Å². The van der Waals surface area contributed by atoms with E-state index in [-0.39, 0.29) is 12.3 Å². The molecule has 1 unspecified atom stereocenters. The molecule has 2 aromatic carbocycles. The minimum absolute atomic E-state index is 0.0896. The normalized spacial score (nSPS) is 18.3. The van der Waals surface area contributed by atoms with E-state index in [2.05, 4.69) is 15.4 Å². The number of hydrogen-bond acceptors (Lipinski definition) is 4. The van der Waals surface area contributed by atoms with Crippen molar-refractivity contribution in [3.8, 4) is 5.69 Å². The van der Waals surface area contributed by atoms with Gasteiger partial charge in [0.2, 0.25) is 5.91 Å². The number of carbonyl (C=O) groups is 2. The smallest absolute Gasteiger partial charge is 0.321 e. The van der Waals surface area contributed by atoms with Crippen LogP contribution in [0.1, 0.15) is 30.6 Å². The van der Waals surface area contributed by atoms with Crippen LogP contribution >= 0.6 is 0 Å². The number of aryl methyl sites for hydroxylation is 1. The number of amides is 2. The molecular formula is C26H23F2N5O2. The number of nitrogens with one attached hydrogen (secondary N) is 1.